The molecular formula is C16H18ClN3O5. The van der Waals surface area contributed by atoms with E-state index in [-0.39, 0.29) is 0 Å². The molecule has 2 rings (SSSR count). The first kappa shape index (κ1) is 18.7. The number of hydrogen-bond donors (Lipinski definition) is 2. The SMILES string of the molecule is CC[C@]1(C)NC(=O)N(CC(=O)OCC(=O)Nc2ccccc2Cl)C1=O. The van der Waals surface area contributed by atoms with Gasteiger partial charge in [0.05, 0.1) is 10.7 Å². The molecular weight excluding hydrogens is 350 g/mol. The van der Waals surface area contributed by atoms with Crippen molar-refractivity contribution in [3.63, 3.8) is 0 Å². The fourth-order valence-electron chi connectivity index (χ4n) is 2.20. The van der Waals surface area contributed by atoms with Crippen LogP contribution < -0.4 is 10.6 Å². The van der Waals surface area contributed by atoms with Gasteiger partial charge in [-0.05, 0) is 25.5 Å². The molecule has 1 aliphatic heterocycles. The van der Waals surface area contributed by atoms with E-state index in [0.29, 0.717) is 17.1 Å². The van der Waals surface area contributed by atoms with Gasteiger partial charge in [0.25, 0.3) is 11.8 Å². The van der Waals surface area contributed by atoms with Crippen LogP contribution in [0, 0.1) is 0 Å². The third kappa shape index (κ3) is 4.27. The third-order valence-corrected chi connectivity index (χ3v) is 4.18. The lowest BCUT2D eigenvalue weighted by molar-refractivity contribution is -0.150. The summed E-state index contributed by atoms with van der Waals surface area (Å²) in [4.78, 5) is 48.3. The highest BCUT2D eigenvalue weighted by atomic mass is 35.5. The van der Waals surface area contributed by atoms with Gasteiger partial charge in [0.1, 0.15) is 12.1 Å². The van der Waals surface area contributed by atoms with Crippen LogP contribution in [0.1, 0.15) is 20.3 Å². The number of anilines is 1. The summed E-state index contributed by atoms with van der Waals surface area (Å²) in [7, 11) is 0. The van der Waals surface area contributed by atoms with Crippen LogP contribution >= 0.6 is 11.6 Å². The Hall–Kier alpha value is -2.61. The largest absolute Gasteiger partial charge is 0.454 e. The van der Waals surface area contributed by atoms with Gasteiger partial charge < -0.3 is 15.4 Å². The van der Waals surface area contributed by atoms with Crippen molar-refractivity contribution in [3.05, 3.63) is 29.3 Å². The summed E-state index contributed by atoms with van der Waals surface area (Å²) < 4.78 is 4.81. The molecule has 0 aliphatic carbocycles. The number of esters is 1. The van der Waals surface area contributed by atoms with E-state index in [4.69, 9.17) is 16.3 Å². The highest BCUT2D eigenvalue weighted by Crippen LogP contribution is 2.21. The standard InChI is InChI=1S/C16H18ClN3O5/c1-3-16(2)14(23)20(15(24)19-16)8-13(22)25-9-12(21)18-11-7-5-4-6-10(11)17/h4-7H,3,8-9H2,1-2H3,(H,18,21)(H,19,24)/t16-/m0/s1. The minimum absolute atomic E-state index is 0.348. The molecule has 2 N–H and O–H groups in total. The van der Waals surface area contributed by atoms with Crippen LogP contribution in [-0.4, -0.2) is 47.4 Å². The van der Waals surface area contributed by atoms with Crippen LogP contribution in [0.5, 0.6) is 0 Å². The summed E-state index contributed by atoms with van der Waals surface area (Å²) in [5.41, 5.74) is -0.642. The third-order valence-electron chi connectivity index (χ3n) is 3.85. The van der Waals surface area contributed by atoms with E-state index in [1.807, 2.05) is 0 Å². The predicted molar refractivity (Wildman–Crippen MR) is 90.0 cm³/mol. The number of nitrogens with zero attached hydrogens (tertiary/aromatic N) is 1. The van der Waals surface area contributed by atoms with Gasteiger partial charge in [-0.25, -0.2) is 4.79 Å². The number of hydrogen-bond acceptors (Lipinski definition) is 5. The van der Waals surface area contributed by atoms with Crippen molar-refractivity contribution < 1.29 is 23.9 Å². The Morgan fingerprint density at radius 3 is 2.60 bits per heavy atom. The highest BCUT2D eigenvalue weighted by molar-refractivity contribution is 6.33. The van der Waals surface area contributed by atoms with E-state index in [2.05, 4.69) is 10.6 Å². The first-order chi connectivity index (χ1) is 11.8. The van der Waals surface area contributed by atoms with Crippen molar-refractivity contribution in [1.29, 1.82) is 0 Å². The van der Waals surface area contributed by atoms with Crippen molar-refractivity contribution in [2.45, 2.75) is 25.8 Å². The maximum absolute atomic E-state index is 12.2. The Morgan fingerprint density at radius 2 is 2.00 bits per heavy atom. The maximum Gasteiger partial charge on any atom is 0.326 e. The normalized spacial score (nSPS) is 19.6. The van der Waals surface area contributed by atoms with Gasteiger partial charge in [0.2, 0.25) is 0 Å². The number of ether oxygens (including phenoxy) is 1. The summed E-state index contributed by atoms with van der Waals surface area (Å²) in [6.45, 7) is 2.22. The molecule has 8 nitrogen and oxygen atoms in total. The van der Waals surface area contributed by atoms with Crippen LogP contribution in [0.4, 0.5) is 10.5 Å². The molecule has 1 aromatic rings. The molecule has 1 atom stereocenters. The quantitative estimate of drug-likeness (QED) is 0.586. The number of imide groups is 1. The molecule has 1 heterocycles. The number of amides is 4. The molecule has 25 heavy (non-hydrogen) atoms. The molecule has 1 aliphatic rings. The topological polar surface area (TPSA) is 105 Å². The van der Waals surface area contributed by atoms with Crippen molar-refractivity contribution >= 4 is 41.1 Å². The zero-order chi connectivity index (χ0) is 18.6. The number of benzene rings is 1. The minimum Gasteiger partial charge on any atom is -0.454 e. The lowest BCUT2D eigenvalue weighted by Gasteiger charge is -2.18. The van der Waals surface area contributed by atoms with E-state index in [9.17, 15) is 19.2 Å². The second kappa shape index (κ2) is 7.52. The summed E-state index contributed by atoms with van der Waals surface area (Å²) in [5.74, 6) is -1.95. The predicted octanol–water partition coefficient (Wildman–Crippen LogP) is 1.54. The second-order valence-electron chi connectivity index (χ2n) is 5.70. The van der Waals surface area contributed by atoms with Crippen molar-refractivity contribution in [2.75, 3.05) is 18.5 Å². The molecule has 1 saturated heterocycles. The molecule has 9 heteroatoms. The number of rotatable bonds is 6. The smallest absolute Gasteiger partial charge is 0.326 e. The molecule has 0 bridgehead atoms. The van der Waals surface area contributed by atoms with Crippen LogP contribution in [0.2, 0.25) is 5.02 Å². The average molecular weight is 368 g/mol. The lowest BCUT2D eigenvalue weighted by atomic mass is 9.99. The van der Waals surface area contributed by atoms with Gasteiger partial charge in [-0.2, -0.15) is 0 Å². The number of carbonyl (C=O) groups excluding carboxylic acids is 4. The lowest BCUT2D eigenvalue weighted by Crippen LogP contribution is -2.43. The molecule has 0 radical (unpaired) electrons. The molecule has 1 aromatic carbocycles. The fourth-order valence-corrected chi connectivity index (χ4v) is 2.38. The molecule has 0 saturated carbocycles. The van der Waals surface area contributed by atoms with Crippen molar-refractivity contribution in [1.82, 2.24) is 10.2 Å². The van der Waals surface area contributed by atoms with E-state index in [1.54, 1.807) is 38.1 Å². The van der Waals surface area contributed by atoms with Crippen LogP contribution in [0.3, 0.4) is 0 Å². The van der Waals surface area contributed by atoms with E-state index in [0.717, 1.165) is 4.90 Å². The molecule has 0 spiro atoms. The Bertz CT molecular complexity index is 723. The fraction of sp³-hybridized carbons (Fsp3) is 0.375. The Labute approximate surface area is 149 Å². The number of para-hydroxylation sites is 1. The van der Waals surface area contributed by atoms with Gasteiger partial charge in [-0.1, -0.05) is 30.7 Å². The van der Waals surface area contributed by atoms with E-state index < -0.39 is 42.5 Å². The molecule has 134 valence electrons. The second-order valence-corrected chi connectivity index (χ2v) is 6.10. The number of urea groups is 1. The minimum atomic E-state index is -1.03. The van der Waals surface area contributed by atoms with Crippen molar-refractivity contribution in [3.8, 4) is 0 Å². The summed E-state index contributed by atoms with van der Waals surface area (Å²) in [5, 5.41) is 5.36. The van der Waals surface area contributed by atoms with Crippen LogP contribution in [0.25, 0.3) is 0 Å². The van der Waals surface area contributed by atoms with Gasteiger partial charge in [0.15, 0.2) is 6.61 Å². The van der Waals surface area contributed by atoms with Gasteiger partial charge >= 0.3 is 12.0 Å². The monoisotopic (exact) mass is 367 g/mol. The molecule has 0 aromatic heterocycles. The maximum atomic E-state index is 12.2. The number of nitrogens with one attached hydrogen (secondary N) is 2. The summed E-state index contributed by atoms with van der Waals surface area (Å²) in [6.07, 6.45) is 0.392. The van der Waals surface area contributed by atoms with Crippen LogP contribution in [-0.2, 0) is 19.1 Å². The van der Waals surface area contributed by atoms with E-state index >= 15 is 0 Å². The summed E-state index contributed by atoms with van der Waals surface area (Å²) >= 11 is 5.91. The highest BCUT2D eigenvalue weighted by Gasteiger charge is 2.47. The van der Waals surface area contributed by atoms with Crippen molar-refractivity contribution in [2.24, 2.45) is 0 Å². The number of carbonyl (C=O) groups is 4. The van der Waals surface area contributed by atoms with Crippen LogP contribution in [0.15, 0.2) is 24.3 Å². The zero-order valence-electron chi connectivity index (χ0n) is 13.8. The van der Waals surface area contributed by atoms with E-state index in [1.165, 1.54) is 0 Å². The van der Waals surface area contributed by atoms with Gasteiger partial charge in [-0.3, -0.25) is 19.3 Å². The molecule has 1 fully saturated rings. The first-order valence-electron chi connectivity index (χ1n) is 7.61. The average Bonchev–Trinajstić information content (AvgIpc) is 2.79. The molecule has 0 unspecified atom stereocenters. The zero-order valence-corrected chi connectivity index (χ0v) is 14.6. The Kier molecular flexibility index (Phi) is 5.63. The number of halogens is 1. The van der Waals surface area contributed by atoms with Gasteiger partial charge in [0, 0.05) is 0 Å². The molecule has 4 amide bonds. The summed E-state index contributed by atoms with van der Waals surface area (Å²) in [6, 6.07) is 5.94. The van der Waals surface area contributed by atoms with Gasteiger partial charge in [-0.15, -0.1) is 0 Å². The Balaban J connectivity index is 1.85. The Morgan fingerprint density at radius 1 is 1.32 bits per heavy atom. The first-order valence-corrected chi connectivity index (χ1v) is 7.98.